The number of carbonyl (C=O) groups is 1. The molecule has 0 unspecified atom stereocenters. The summed E-state index contributed by atoms with van der Waals surface area (Å²) in [6, 6.07) is 7.17. The third-order valence-electron chi connectivity index (χ3n) is 6.56. The third kappa shape index (κ3) is 3.47. The second-order valence-corrected chi connectivity index (χ2v) is 10.1. The quantitative estimate of drug-likeness (QED) is 0.757. The van der Waals surface area contributed by atoms with Crippen molar-refractivity contribution in [2.45, 2.75) is 56.9 Å². The summed E-state index contributed by atoms with van der Waals surface area (Å²) in [5.74, 6) is 3.73. The van der Waals surface area contributed by atoms with E-state index < -0.39 is 5.41 Å². The third-order valence-corrected chi connectivity index (χ3v) is 8.07. The van der Waals surface area contributed by atoms with Gasteiger partial charge in [0.05, 0.1) is 5.41 Å². The number of hydrogen-bond donors (Lipinski definition) is 1. The molecule has 4 heteroatoms. The molecule has 1 aromatic carbocycles. The summed E-state index contributed by atoms with van der Waals surface area (Å²) in [7, 11) is 0. The number of thioether (sulfide) groups is 1. The predicted octanol–water partition coefficient (Wildman–Crippen LogP) is 4.88. The molecule has 0 radical (unpaired) electrons. The van der Waals surface area contributed by atoms with Gasteiger partial charge in [-0.15, -0.1) is 11.8 Å². The number of carbonyl (C=O) groups excluding carboxylic acids is 1. The normalized spacial score (nSPS) is 33.5. The Kier molecular flexibility index (Phi) is 4.59. The monoisotopic (exact) mass is 361 g/mol. The Bertz CT molecular complexity index is 631. The number of rotatable bonds is 5. The molecule has 4 bridgehead atoms. The standard InChI is InChI=1S/C21H28FNOS/c1-21(2,12-25-18-6-4-3-5-17(18)22)20(24)23-19-15-8-13-7-14(10-15)11-16(19)9-13/h3-6,13-16,19H,7-12H2,1-2H3,(H,23,24). The van der Waals surface area contributed by atoms with Gasteiger partial charge in [0, 0.05) is 16.7 Å². The zero-order chi connectivity index (χ0) is 17.6. The first-order chi connectivity index (χ1) is 11.9. The zero-order valence-electron chi connectivity index (χ0n) is 15.1. The van der Waals surface area contributed by atoms with Crippen molar-refractivity contribution in [1.29, 1.82) is 0 Å². The van der Waals surface area contributed by atoms with Crippen LogP contribution in [0.5, 0.6) is 0 Å². The van der Waals surface area contributed by atoms with Crippen LogP contribution in [0.25, 0.3) is 0 Å². The highest BCUT2D eigenvalue weighted by molar-refractivity contribution is 7.99. The molecule has 2 nitrogen and oxygen atoms in total. The van der Waals surface area contributed by atoms with Crippen LogP contribution in [0.4, 0.5) is 4.39 Å². The molecule has 4 fully saturated rings. The van der Waals surface area contributed by atoms with Crippen LogP contribution >= 0.6 is 11.8 Å². The lowest BCUT2D eigenvalue weighted by atomic mass is 9.54. The maximum atomic E-state index is 13.8. The summed E-state index contributed by atoms with van der Waals surface area (Å²) in [5, 5.41) is 3.41. The van der Waals surface area contributed by atoms with Crippen LogP contribution in [0.15, 0.2) is 29.2 Å². The van der Waals surface area contributed by atoms with Gasteiger partial charge in [0.2, 0.25) is 5.91 Å². The van der Waals surface area contributed by atoms with E-state index >= 15 is 0 Å². The Morgan fingerprint density at radius 1 is 1.12 bits per heavy atom. The minimum absolute atomic E-state index is 0.133. The van der Waals surface area contributed by atoms with Gasteiger partial charge in [-0.2, -0.15) is 0 Å². The summed E-state index contributed by atoms with van der Waals surface area (Å²) in [5.41, 5.74) is -0.498. The van der Waals surface area contributed by atoms with Crippen molar-refractivity contribution >= 4 is 17.7 Å². The number of halogens is 1. The smallest absolute Gasteiger partial charge is 0.226 e. The summed E-state index contributed by atoms with van der Waals surface area (Å²) in [6.07, 6.45) is 6.66. The van der Waals surface area contributed by atoms with Crippen molar-refractivity contribution in [2.24, 2.45) is 29.1 Å². The van der Waals surface area contributed by atoms with E-state index in [9.17, 15) is 9.18 Å². The minimum atomic E-state index is -0.498. The van der Waals surface area contributed by atoms with Gasteiger partial charge >= 0.3 is 0 Å². The van der Waals surface area contributed by atoms with E-state index in [1.807, 2.05) is 19.9 Å². The van der Waals surface area contributed by atoms with E-state index in [4.69, 9.17) is 0 Å². The Labute approximate surface area is 154 Å². The molecule has 4 saturated carbocycles. The van der Waals surface area contributed by atoms with E-state index in [1.165, 1.54) is 49.9 Å². The van der Waals surface area contributed by atoms with Crippen molar-refractivity contribution < 1.29 is 9.18 Å². The van der Waals surface area contributed by atoms with E-state index in [1.54, 1.807) is 12.1 Å². The van der Waals surface area contributed by atoms with Crippen LogP contribution in [0, 0.1) is 34.9 Å². The largest absolute Gasteiger partial charge is 0.352 e. The molecule has 25 heavy (non-hydrogen) atoms. The van der Waals surface area contributed by atoms with E-state index in [0.29, 0.717) is 28.5 Å². The van der Waals surface area contributed by atoms with Crippen LogP contribution in [0.1, 0.15) is 46.0 Å². The average molecular weight is 362 g/mol. The summed E-state index contributed by atoms with van der Waals surface area (Å²) in [6.45, 7) is 3.96. The van der Waals surface area contributed by atoms with Gasteiger partial charge in [0.25, 0.3) is 0 Å². The molecule has 0 atom stereocenters. The van der Waals surface area contributed by atoms with E-state index in [2.05, 4.69) is 5.32 Å². The highest BCUT2D eigenvalue weighted by atomic mass is 32.2. The van der Waals surface area contributed by atoms with E-state index in [0.717, 1.165) is 11.8 Å². The number of amides is 1. The Morgan fingerprint density at radius 2 is 1.72 bits per heavy atom. The molecule has 4 aliphatic rings. The summed E-state index contributed by atoms with van der Waals surface area (Å²) in [4.78, 5) is 13.6. The Hall–Kier alpha value is -1.03. The fourth-order valence-corrected chi connectivity index (χ4v) is 6.42. The summed E-state index contributed by atoms with van der Waals surface area (Å²) >= 11 is 1.44. The van der Waals surface area contributed by atoms with Gasteiger partial charge in [0.15, 0.2) is 0 Å². The topological polar surface area (TPSA) is 29.1 Å². The maximum Gasteiger partial charge on any atom is 0.226 e. The molecule has 1 amide bonds. The fraction of sp³-hybridized carbons (Fsp3) is 0.667. The SMILES string of the molecule is CC(C)(CSc1ccccc1F)C(=O)NC1C2CC3CC(C2)CC1C3. The highest BCUT2D eigenvalue weighted by Crippen LogP contribution is 2.53. The lowest BCUT2D eigenvalue weighted by molar-refractivity contribution is -0.132. The van der Waals surface area contributed by atoms with Gasteiger partial charge in [-0.1, -0.05) is 26.0 Å². The maximum absolute atomic E-state index is 13.8. The second-order valence-electron chi connectivity index (χ2n) is 9.03. The molecular formula is C21H28FNOS. The predicted molar refractivity (Wildman–Crippen MR) is 99.9 cm³/mol. The molecule has 0 saturated heterocycles. The first-order valence-corrected chi connectivity index (χ1v) is 10.6. The minimum Gasteiger partial charge on any atom is -0.352 e. The molecule has 0 heterocycles. The molecular weight excluding hydrogens is 333 g/mol. The van der Waals surface area contributed by atoms with Crippen molar-refractivity contribution in [2.75, 3.05) is 5.75 Å². The second kappa shape index (κ2) is 6.61. The van der Waals surface area contributed by atoms with Crippen LogP contribution in [-0.2, 0) is 4.79 Å². The van der Waals surface area contributed by atoms with Crippen molar-refractivity contribution in [3.8, 4) is 0 Å². The van der Waals surface area contributed by atoms with Crippen molar-refractivity contribution in [3.63, 3.8) is 0 Å². The molecule has 136 valence electrons. The van der Waals surface area contributed by atoms with Crippen LogP contribution in [0.2, 0.25) is 0 Å². The fourth-order valence-electron chi connectivity index (χ4n) is 5.39. The van der Waals surface area contributed by atoms with Crippen molar-refractivity contribution in [1.82, 2.24) is 5.32 Å². The van der Waals surface area contributed by atoms with Crippen LogP contribution < -0.4 is 5.32 Å². The van der Waals surface area contributed by atoms with Crippen LogP contribution in [0.3, 0.4) is 0 Å². The molecule has 4 aliphatic carbocycles. The molecule has 0 aromatic heterocycles. The van der Waals surface area contributed by atoms with Gasteiger partial charge in [-0.25, -0.2) is 4.39 Å². The molecule has 0 aliphatic heterocycles. The first kappa shape index (κ1) is 17.4. The molecule has 5 rings (SSSR count). The Balaban J connectivity index is 1.37. The molecule has 1 aromatic rings. The number of benzene rings is 1. The van der Waals surface area contributed by atoms with Gasteiger partial charge < -0.3 is 5.32 Å². The lowest BCUT2D eigenvalue weighted by Gasteiger charge is -2.54. The highest BCUT2D eigenvalue weighted by Gasteiger charge is 2.49. The lowest BCUT2D eigenvalue weighted by Crippen LogP contribution is -2.57. The van der Waals surface area contributed by atoms with Gasteiger partial charge in [-0.3, -0.25) is 4.79 Å². The first-order valence-electron chi connectivity index (χ1n) is 9.60. The van der Waals surface area contributed by atoms with Crippen molar-refractivity contribution in [3.05, 3.63) is 30.1 Å². The zero-order valence-corrected chi connectivity index (χ0v) is 15.9. The number of nitrogens with one attached hydrogen (secondary N) is 1. The van der Waals surface area contributed by atoms with Crippen LogP contribution in [-0.4, -0.2) is 17.7 Å². The molecule has 0 spiro atoms. The Morgan fingerprint density at radius 3 is 2.32 bits per heavy atom. The van der Waals surface area contributed by atoms with E-state index in [-0.39, 0.29) is 11.7 Å². The molecule has 1 N–H and O–H groups in total. The van der Waals surface area contributed by atoms with Gasteiger partial charge in [-0.05, 0) is 67.9 Å². The summed E-state index contributed by atoms with van der Waals surface area (Å²) < 4.78 is 13.8. The average Bonchev–Trinajstić information content (AvgIpc) is 2.56. The van der Waals surface area contributed by atoms with Gasteiger partial charge in [0.1, 0.15) is 5.82 Å². The number of hydrogen-bond acceptors (Lipinski definition) is 2.